The number of hydrogen-bond acceptors (Lipinski definition) is 8. The van der Waals surface area contributed by atoms with Crippen LogP contribution >= 0.6 is 0 Å². The van der Waals surface area contributed by atoms with Crippen LogP contribution in [0.3, 0.4) is 0 Å². The molecule has 0 aromatic rings. The number of rotatable bonds is 18. The molecule has 3 aliphatic rings. The molecule has 3 saturated carbocycles. The van der Waals surface area contributed by atoms with Gasteiger partial charge in [0.15, 0.2) is 0 Å². The Bertz CT molecular complexity index is 792. The second-order valence-corrected chi connectivity index (χ2v) is 13.3. The van der Waals surface area contributed by atoms with E-state index in [-0.39, 0.29) is 42.7 Å². The molecule has 0 saturated heterocycles. The first-order valence-electron chi connectivity index (χ1n) is 17.1. The van der Waals surface area contributed by atoms with E-state index in [9.17, 15) is 0 Å². The Morgan fingerprint density at radius 3 is 1.27 bits per heavy atom. The molecule has 8 nitrogen and oxygen atoms in total. The van der Waals surface area contributed by atoms with Gasteiger partial charge in [-0.05, 0) is 63.2 Å². The maximum Gasteiger partial charge on any atom is 0.110 e. The van der Waals surface area contributed by atoms with E-state index in [2.05, 4.69) is 31.2 Å². The summed E-state index contributed by atoms with van der Waals surface area (Å²) in [5, 5.41) is 0. The van der Waals surface area contributed by atoms with E-state index >= 15 is 0 Å². The predicted molar refractivity (Wildman–Crippen MR) is 174 cm³/mol. The van der Waals surface area contributed by atoms with E-state index in [0.717, 1.165) is 71.0 Å². The predicted octanol–water partition coefficient (Wildman–Crippen LogP) is 6.26. The minimum absolute atomic E-state index is 0.0147. The Labute approximate surface area is 268 Å². The molecule has 3 fully saturated rings. The molecule has 0 amide bonds. The summed E-state index contributed by atoms with van der Waals surface area (Å²) in [5.74, 6) is 1.84. The first kappa shape index (κ1) is 37.6. The lowest BCUT2D eigenvalue weighted by molar-refractivity contribution is -0.149. The van der Waals surface area contributed by atoms with Gasteiger partial charge in [0.1, 0.15) is 6.10 Å². The zero-order chi connectivity index (χ0) is 31.9. The van der Waals surface area contributed by atoms with Crippen LogP contribution in [0.2, 0.25) is 0 Å². The van der Waals surface area contributed by atoms with Gasteiger partial charge in [0.05, 0.1) is 36.6 Å². The molecular formula is C36H64O8. The van der Waals surface area contributed by atoms with Gasteiger partial charge < -0.3 is 37.9 Å². The second kappa shape index (κ2) is 20.4. The van der Waals surface area contributed by atoms with Crippen molar-refractivity contribution >= 4 is 0 Å². The lowest BCUT2D eigenvalue weighted by Gasteiger charge is -2.40. The summed E-state index contributed by atoms with van der Waals surface area (Å²) in [6.45, 7) is 3.81. The topological polar surface area (TPSA) is 73.8 Å². The standard InChI is InChI=1S/C36H64O8/c1-25-30(38-3)19-26(20-31(25)39-4)13-15-28-23-33(41-6)29(24-32(28)40-5)16-14-27-21-34(42-7)36(35(22-27)43-8)44-18-12-10-9-11-17-37-2/h13-16,25-36H,9-12,17-24H2,1-8H3/b15-13+,16-14+. The highest BCUT2D eigenvalue weighted by atomic mass is 16.6. The summed E-state index contributed by atoms with van der Waals surface area (Å²) in [6, 6.07) is 0. The molecule has 3 aliphatic carbocycles. The SMILES string of the molecule is COCCCCCCOC1C(OC)CC(/C=C/C2CC(OC)C(/C=C/C3CC(OC)C(C)C(OC)C3)CC2OC)CC1OC. The van der Waals surface area contributed by atoms with Crippen molar-refractivity contribution < 1.29 is 37.9 Å². The third kappa shape index (κ3) is 10.9. The van der Waals surface area contributed by atoms with E-state index < -0.39 is 0 Å². The molecule has 0 aromatic heterocycles. The number of hydrogen-bond donors (Lipinski definition) is 0. The van der Waals surface area contributed by atoms with Crippen LogP contribution in [0.1, 0.15) is 71.1 Å². The van der Waals surface area contributed by atoms with Crippen LogP contribution in [-0.4, -0.2) is 106 Å². The van der Waals surface area contributed by atoms with Crippen LogP contribution in [0.4, 0.5) is 0 Å². The Morgan fingerprint density at radius 1 is 0.455 bits per heavy atom. The van der Waals surface area contributed by atoms with Gasteiger partial charge in [-0.15, -0.1) is 0 Å². The molecule has 0 aromatic carbocycles. The first-order chi connectivity index (χ1) is 21.4. The Hall–Kier alpha value is -0.840. The molecule has 256 valence electrons. The second-order valence-electron chi connectivity index (χ2n) is 13.3. The van der Waals surface area contributed by atoms with Gasteiger partial charge in [-0.2, -0.15) is 0 Å². The normalized spacial score (nSPS) is 38.5. The average Bonchev–Trinajstić information content (AvgIpc) is 3.06. The third-order valence-electron chi connectivity index (χ3n) is 10.6. The number of methoxy groups -OCH3 is 7. The smallest absolute Gasteiger partial charge is 0.110 e. The Morgan fingerprint density at radius 2 is 0.864 bits per heavy atom. The molecule has 8 unspecified atom stereocenters. The van der Waals surface area contributed by atoms with Crippen LogP contribution in [0.5, 0.6) is 0 Å². The van der Waals surface area contributed by atoms with Gasteiger partial charge in [-0.1, -0.05) is 44.1 Å². The van der Waals surface area contributed by atoms with Gasteiger partial charge in [-0.3, -0.25) is 0 Å². The highest BCUT2D eigenvalue weighted by molar-refractivity contribution is 5.08. The van der Waals surface area contributed by atoms with Gasteiger partial charge in [0.25, 0.3) is 0 Å². The first-order valence-corrected chi connectivity index (χ1v) is 17.1. The van der Waals surface area contributed by atoms with Crippen molar-refractivity contribution in [2.45, 2.75) is 114 Å². The van der Waals surface area contributed by atoms with Gasteiger partial charge in [-0.25, -0.2) is 0 Å². The van der Waals surface area contributed by atoms with Crippen LogP contribution in [-0.2, 0) is 37.9 Å². The van der Waals surface area contributed by atoms with E-state index in [1.165, 1.54) is 6.42 Å². The van der Waals surface area contributed by atoms with Crippen molar-refractivity contribution in [3.8, 4) is 0 Å². The molecular weight excluding hydrogens is 560 g/mol. The monoisotopic (exact) mass is 624 g/mol. The van der Waals surface area contributed by atoms with Crippen LogP contribution in [0, 0.1) is 29.6 Å². The summed E-state index contributed by atoms with van der Waals surface area (Å²) in [4.78, 5) is 0. The van der Waals surface area contributed by atoms with Crippen molar-refractivity contribution in [3.63, 3.8) is 0 Å². The molecule has 0 heterocycles. The summed E-state index contributed by atoms with van der Waals surface area (Å²) in [6.07, 6.45) is 20.6. The molecule has 0 N–H and O–H groups in total. The molecule has 8 atom stereocenters. The summed E-state index contributed by atoms with van der Waals surface area (Å²) in [7, 11) is 12.7. The lowest BCUT2D eigenvalue weighted by atomic mass is 9.74. The van der Waals surface area contributed by atoms with Crippen molar-refractivity contribution in [2.24, 2.45) is 29.6 Å². The minimum atomic E-state index is -0.0360. The lowest BCUT2D eigenvalue weighted by Crippen LogP contribution is -2.48. The fraction of sp³-hybridized carbons (Fsp3) is 0.889. The van der Waals surface area contributed by atoms with Gasteiger partial charge in [0.2, 0.25) is 0 Å². The van der Waals surface area contributed by atoms with Crippen molar-refractivity contribution in [3.05, 3.63) is 24.3 Å². The van der Waals surface area contributed by atoms with Crippen LogP contribution in [0.25, 0.3) is 0 Å². The summed E-state index contributed by atoms with van der Waals surface area (Å²) < 4.78 is 47.1. The van der Waals surface area contributed by atoms with Crippen LogP contribution in [0.15, 0.2) is 24.3 Å². The summed E-state index contributed by atoms with van der Waals surface area (Å²) >= 11 is 0. The maximum atomic E-state index is 6.35. The third-order valence-corrected chi connectivity index (χ3v) is 10.6. The number of unbranched alkanes of at least 4 members (excludes halogenated alkanes) is 3. The maximum absolute atomic E-state index is 6.35. The quantitative estimate of drug-likeness (QED) is 0.131. The molecule has 0 spiro atoms. The number of ether oxygens (including phenoxy) is 8. The molecule has 44 heavy (non-hydrogen) atoms. The number of allylic oxidation sites excluding steroid dienone is 2. The molecule has 0 aliphatic heterocycles. The highest BCUT2D eigenvalue weighted by Crippen LogP contribution is 2.38. The largest absolute Gasteiger partial charge is 0.385 e. The molecule has 8 heteroatoms. The molecule has 0 bridgehead atoms. The summed E-state index contributed by atoms with van der Waals surface area (Å²) in [5.41, 5.74) is 0. The Balaban J connectivity index is 1.56. The fourth-order valence-electron chi connectivity index (χ4n) is 7.83. The van der Waals surface area contributed by atoms with Gasteiger partial charge >= 0.3 is 0 Å². The van der Waals surface area contributed by atoms with E-state index in [4.69, 9.17) is 37.9 Å². The van der Waals surface area contributed by atoms with E-state index in [0.29, 0.717) is 29.6 Å². The van der Waals surface area contributed by atoms with E-state index in [1.54, 1.807) is 21.3 Å². The Kier molecular flexibility index (Phi) is 17.4. The van der Waals surface area contributed by atoms with Crippen molar-refractivity contribution in [1.82, 2.24) is 0 Å². The van der Waals surface area contributed by atoms with E-state index in [1.807, 2.05) is 28.4 Å². The average molecular weight is 625 g/mol. The zero-order valence-electron chi connectivity index (χ0n) is 29.0. The van der Waals surface area contributed by atoms with Crippen molar-refractivity contribution in [1.29, 1.82) is 0 Å². The molecule has 0 radical (unpaired) electrons. The van der Waals surface area contributed by atoms with Crippen LogP contribution < -0.4 is 0 Å². The van der Waals surface area contributed by atoms with Gasteiger partial charge in [0, 0.05) is 80.7 Å². The molecule has 3 rings (SSSR count). The highest BCUT2D eigenvalue weighted by Gasteiger charge is 2.40. The van der Waals surface area contributed by atoms with Crippen molar-refractivity contribution in [2.75, 3.05) is 63.0 Å². The minimum Gasteiger partial charge on any atom is -0.385 e. The zero-order valence-corrected chi connectivity index (χ0v) is 29.0. The fourth-order valence-corrected chi connectivity index (χ4v) is 7.83.